The molecule has 0 aliphatic carbocycles. The molecule has 2 fully saturated rings. The third-order valence-electron chi connectivity index (χ3n) is 4.40. The monoisotopic (exact) mass is 295 g/mol. The van der Waals surface area contributed by atoms with Crippen LogP contribution in [0.2, 0.25) is 0 Å². The Labute approximate surface area is 120 Å². The van der Waals surface area contributed by atoms with E-state index in [9.17, 15) is 8.42 Å². The van der Waals surface area contributed by atoms with E-state index in [1.54, 1.807) is 11.2 Å². The van der Waals surface area contributed by atoms with Crippen molar-refractivity contribution in [3.05, 3.63) is 30.1 Å². The van der Waals surface area contributed by atoms with E-state index in [2.05, 4.69) is 9.88 Å². The normalized spacial score (nSPS) is 27.9. The highest BCUT2D eigenvalue weighted by molar-refractivity contribution is 7.89. The van der Waals surface area contributed by atoms with E-state index in [4.69, 9.17) is 0 Å². The van der Waals surface area contributed by atoms with E-state index in [-0.39, 0.29) is 5.75 Å². The molecule has 2 unspecified atom stereocenters. The first-order valence-corrected chi connectivity index (χ1v) is 8.79. The summed E-state index contributed by atoms with van der Waals surface area (Å²) in [6, 6.07) is 5.98. The van der Waals surface area contributed by atoms with Gasteiger partial charge in [-0.25, -0.2) is 12.7 Å². The molecule has 2 atom stereocenters. The van der Waals surface area contributed by atoms with Crippen LogP contribution in [0.15, 0.2) is 24.4 Å². The lowest BCUT2D eigenvalue weighted by atomic mass is 10.0. The van der Waals surface area contributed by atoms with Crippen LogP contribution in [-0.2, 0) is 16.6 Å². The molecule has 2 aliphatic rings. The van der Waals surface area contributed by atoms with Gasteiger partial charge in [0.1, 0.15) is 0 Å². The zero-order valence-electron chi connectivity index (χ0n) is 11.8. The molecule has 3 heterocycles. The average Bonchev–Trinajstić information content (AvgIpc) is 2.98. The van der Waals surface area contributed by atoms with Crippen LogP contribution < -0.4 is 0 Å². The summed E-state index contributed by atoms with van der Waals surface area (Å²) in [4.78, 5) is 6.75. The molecule has 0 N–H and O–H groups in total. The molecule has 5 nitrogen and oxygen atoms in total. The minimum absolute atomic E-state index is 0.212. The topological polar surface area (TPSA) is 53.5 Å². The maximum absolute atomic E-state index is 11.9. The van der Waals surface area contributed by atoms with Crippen LogP contribution in [0, 0.1) is 11.8 Å². The molecule has 2 saturated heterocycles. The van der Waals surface area contributed by atoms with Gasteiger partial charge in [-0.3, -0.25) is 9.88 Å². The van der Waals surface area contributed by atoms with Gasteiger partial charge in [0.2, 0.25) is 10.0 Å². The zero-order valence-corrected chi connectivity index (χ0v) is 12.6. The Morgan fingerprint density at radius 1 is 1.20 bits per heavy atom. The number of fused-ring (bicyclic) bond motifs is 1. The average molecular weight is 295 g/mol. The summed E-state index contributed by atoms with van der Waals surface area (Å²) in [6.45, 7) is 5.94. The first-order valence-electron chi connectivity index (χ1n) is 7.18. The minimum Gasteiger partial charge on any atom is -0.297 e. The molecule has 1 aromatic rings. The Morgan fingerprint density at radius 3 is 2.45 bits per heavy atom. The first-order chi connectivity index (χ1) is 9.58. The fourth-order valence-corrected chi connectivity index (χ4v) is 4.51. The molecule has 0 bridgehead atoms. The highest BCUT2D eigenvalue weighted by Gasteiger charge is 2.43. The Kier molecular flexibility index (Phi) is 3.79. The van der Waals surface area contributed by atoms with Crippen molar-refractivity contribution < 1.29 is 8.42 Å². The summed E-state index contributed by atoms with van der Waals surface area (Å²) in [5.74, 6) is 1.18. The van der Waals surface area contributed by atoms with Crippen LogP contribution >= 0.6 is 0 Å². The number of hydrogen-bond acceptors (Lipinski definition) is 4. The van der Waals surface area contributed by atoms with Crippen LogP contribution in [-0.4, -0.2) is 54.5 Å². The van der Waals surface area contributed by atoms with Gasteiger partial charge in [-0.05, 0) is 30.9 Å². The summed E-state index contributed by atoms with van der Waals surface area (Å²) in [5, 5.41) is 0. The maximum atomic E-state index is 11.9. The smallest absolute Gasteiger partial charge is 0.213 e. The third kappa shape index (κ3) is 2.73. The van der Waals surface area contributed by atoms with E-state index >= 15 is 0 Å². The number of sulfonamides is 1. The van der Waals surface area contributed by atoms with Crippen LogP contribution in [0.3, 0.4) is 0 Å². The van der Waals surface area contributed by atoms with Gasteiger partial charge in [-0.2, -0.15) is 0 Å². The van der Waals surface area contributed by atoms with Gasteiger partial charge >= 0.3 is 0 Å². The second kappa shape index (κ2) is 5.42. The fourth-order valence-electron chi connectivity index (χ4n) is 3.31. The van der Waals surface area contributed by atoms with Gasteiger partial charge in [-0.15, -0.1) is 0 Å². The van der Waals surface area contributed by atoms with Crippen molar-refractivity contribution in [3.63, 3.8) is 0 Å². The summed E-state index contributed by atoms with van der Waals surface area (Å²) in [6.07, 6.45) is 1.82. The summed E-state index contributed by atoms with van der Waals surface area (Å²) >= 11 is 0. The van der Waals surface area contributed by atoms with Crippen molar-refractivity contribution in [3.8, 4) is 0 Å². The minimum atomic E-state index is -3.01. The van der Waals surface area contributed by atoms with Crippen molar-refractivity contribution in [1.82, 2.24) is 14.2 Å². The standard InChI is InChI=1S/C14H21N3O2S/c1-2-20(18,19)17-9-12-7-16(8-13(12)10-17)11-14-5-3-4-6-15-14/h3-6,12-13H,2,7-11H2,1H3. The van der Waals surface area contributed by atoms with Gasteiger partial charge < -0.3 is 0 Å². The quantitative estimate of drug-likeness (QED) is 0.824. The van der Waals surface area contributed by atoms with E-state index in [1.165, 1.54) is 0 Å². The highest BCUT2D eigenvalue weighted by atomic mass is 32.2. The lowest BCUT2D eigenvalue weighted by Gasteiger charge is -2.20. The lowest BCUT2D eigenvalue weighted by Crippen LogP contribution is -2.34. The number of likely N-dealkylation sites (tertiary alicyclic amines) is 1. The molecule has 0 saturated carbocycles. The molecule has 0 spiro atoms. The van der Waals surface area contributed by atoms with Crippen LogP contribution in [0.4, 0.5) is 0 Å². The summed E-state index contributed by atoms with van der Waals surface area (Å²) in [7, 11) is -3.01. The van der Waals surface area contributed by atoms with Gasteiger partial charge in [0.05, 0.1) is 11.4 Å². The molecule has 2 aliphatic heterocycles. The molecule has 3 rings (SSSR count). The SMILES string of the molecule is CCS(=O)(=O)N1CC2CN(Cc3ccccn3)CC2C1. The van der Waals surface area contributed by atoms with Crippen molar-refractivity contribution in [2.24, 2.45) is 11.8 Å². The van der Waals surface area contributed by atoms with E-state index in [1.807, 2.05) is 24.4 Å². The molecule has 0 aromatic carbocycles. The molecule has 1 aromatic heterocycles. The third-order valence-corrected chi connectivity index (χ3v) is 6.21. The number of rotatable bonds is 4. The van der Waals surface area contributed by atoms with Gasteiger partial charge in [0, 0.05) is 38.9 Å². The van der Waals surface area contributed by atoms with Crippen LogP contribution in [0.1, 0.15) is 12.6 Å². The first kappa shape index (κ1) is 14.0. The molecule has 0 amide bonds. The number of aromatic nitrogens is 1. The van der Waals surface area contributed by atoms with E-state index < -0.39 is 10.0 Å². The summed E-state index contributed by atoms with van der Waals surface area (Å²) < 4.78 is 25.5. The number of pyridine rings is 1. The molecular formula is C14H21N3O2S. The van der Waals surface area contributed by atoms with Crippen molar-refractivity contribution in [1.29, 1.82) is 0 Å². The van der Waals surface area contributed by atoms with Gasteiger partial charge in [0.25, 0.3) is 0 Å². The lowest BCUT2D eigenvalue weighted by molar-refractivity contribution is 0.287. The molecular weight excluding hydrogens is 274 g/mol. The van der Waals surface area contributed by atoms with Crippen molar-refractivity contribution >= 4 is 10.0 Å². The van der Waals surface area contributed by atoms with Crippen molar-refractivity contribution in [2.75, 3.05) is 31.9 Å². The molecule has 110 valence electrons. The van der Waals surface area contributed by atoms with Crippen molar-refractivity contribution in [2.45, 2.75) is 13.5 Å². The molecule has 0 radical (unpaired) electrons. The van der Waals surface area contributed by atoms with E-state index in [0.29, 0.717) is 24.9 Å². The Hall–Kier alpha value is -0.980. The largest absolute Gasteiger partial charge is 0.297 e. The highest BCUT2D eigenvalue weighted by Crippen LogP contribution is 2.33. The zero-order chi connectivity index (χ0) is 14.2. The van der Waals surface area contributed by atoms with E-state index in [0.717, 1.165) is 25.3 Å². The Bertz CT molecular complexity index is 547. The van der Waals surface area contributed by atoms with Gasteiger partial charge in [0.15, 0.2) is 0 Å². The van der Waals surface area contributed by atoms with Gasteiger partial charge in [-0.1, -0.05) is 6.07 Å². The predicted octanol–water partition coefficient (Wildman–Crippen LogP) is 0.795. The maximum Gasteiger partial charge on any atom is 0.213 e. The number of nitrogens with zero attached hydrogens (tertiary/aromatic N) is 3. The Balaban J connectivity index is 1.59. The molecule has 20 heavy (non-hydrogen) atoms. The van der Waals surface area contributed by atoms with Crippen LogP contribution in [0.5, 0.6) is 0 Å². The fraction of sp³-hybridized carbons (Fsp3) is 0.643. The second-order valence-electron chi connectivity index (χ2n) is 5.75. The molecule has 6 heteroatoms. The summed E-state index contributed by atoms with van der Waals surface area (Å²) in [5.41, 5.74) is 1.09. The Morgan fingerprint density at radius 2 is 1.90 bits per heavy atom. The van der Waals surface area contributed by atoms with Crippen LogP contribution in [0.25, 0.3) is 0 Å². The predicted molar refractivity (Wildman–Crippen MR) is 77.5 cm³/mol. The number of hydrogen-bond donors (Lipinski definition) is 0. The second-order valence-corrected chi connectivity index (χ2v) is 8.01.